The minimum atomic E-state index is 0.0649. The van der Waals surface area contributed by atoms with Gasteiger partial charge in [-0.2, -0.15) is 0 Å². The quantitative estimate of drug-likeness (QED) is 0.323. The number of carbonyl (C=O) groups excluding carboxylic acids is 1. The molecule has 3 rings (SSSR count). The third-order valence-corrected chi connectivity index (χ3v) is 6.02. The van der Waals surface area contributed by atoms with Gasteiger partial charge in [-0.3, -0.25) is 4.79 Å². The summed E-state index contributed by atoms with van der Waals surface area (Å²) in [6.45, 7) is 3.83. The number of aromatic nitrogens is 2. The van der Waals surface area contributed by atoms with Crippen molar-refractivity contribution in [1.82, 2.24) is 25.9 Å². The molecule has 0 radical (unpaired) electrons. The monoisotopic (exact) mass is 403 g/mol. The highest BCUT2D eigenvalue weighted by molar-refractivity contribution is 7.99. The van der Waals surface area contributed by atoms with Crippen molar-refractivity contribution in [3.05, 3.63) is 24.3 Å². The molecule has 1 heterocycles. The molecular weight excluding hydrogens is 370 g/mol. The summed E-state index contributed by atoms with van der Waals surface area (Å²) in [6, 6.07) is 8.64. The van der Waals surface area contributed by atoms with Crippen LogP contribution in [0.4, 0.5) is 0 Å². The lowest BCUT2D eigenvalue weighted by molar-refractivity contribution is -0.118. The highest BCUT2D eigenvalue weighted by Gasteiger charge is 2.11. The maximum atomic E-state index is 12.0. The van der Waals surface area contributed by atoms with Gasteiger partial charge in [-0.15, -0.1) is 0 Å². The summed E-state index contributed by atoms with van der Waals surface area (Å²) < 4.78 is 0. The van der Waals surface area contributed by atoms with Crippen molar-refractivity contribution in [2.24, 2.45) is 0 Å². The Morgan fingerprint density at radius 1 is 1.07 bits per heavy atom. The van der Waals surface area contributed by atoms with Gasteiger partial charge >= 0.3 is 0 Å². The molecule has 1 aromatic carbocycles. The summed E-state index contributed by atoms with van der Waals surface area (Å²) in [4.78, 5) is 19.7. The number of fused-ring (bicyclic) bond motifs is 1. The molecule has 1 aliphatic carbocycles. The minimum Gasteiger partial charge on any atom is -0.355 e. The van der Waals surface area contributed by atoms with E-state index in [9.17, 15) is 4.79 Å². The Hall–Kier alpha value is -1.57. The number of amides is 1. The number of imidazole rings is 1. The van der Waals surface area contributed by atoms with Crippen LogP contribution in [0.3, 0.4) is 0 Å². The zero-order valence-electron chi connectivity index (χ0n) is 16.6. The SMILES string of the molecule is O=C(CSc1nc2ccccc2[nH]1)NCCCCNCCNC1CCCCC1. The molecule has 0 spiro atoms. The van der Waals surface area contributed by atoms with Crippen molar-refractivity contribution in [1.29, 1.82) is 0 Å². The number of para-hydroxylation sites is 2. The molecule has 1 aromatic heterocycles. The van der Waals surface area contributed by atoms with Crippen LogP contribution in [0.2, 0.25) is 0 Å². The molecule has 1 amide bonds. The molecular formula is C21H33N5OS. The number of nitrogens with zero attached hydrogens (tertiary/aromatic N) is 1. The van der Waals surface area contributed by atoms with E-state index in [1.54, 1.807) is 0 Å². The smallest absolute Gasteiger partial charge is 0.230 e. The highest BCUT2D eigenvalue weighted by atomic mass is 32.2. The van der Waals surface area contributed by atoms with Crippen molar-refractivity contribution in [3.63, 3.8) is 0 Å². The molecule has 0 aliphatic heterocycles. The van der Waals surface area contributed by atoms with Gasteiger partial charge in [-0.05, 0) is 44.4 Å². The van der Waals surface area contributed by atoms with Crippen molar-refractivity contribution in [3.8, 4) is 0 Å². The molecule has 6 nitrogen and oxygen atoms in total. The Morgan fingerprint density at radius 3 is 2.75 bits per heavy atom. The molecule has 4 N–H and O–H groups in total. The molecule has 154 valence electrons. The van der Waals surface area contributed by atoms with E-state index >= 15 is 0 Å². The lowest BCUT2D eigenvalue weighted by Crippen LogP contribution is -2.36. The van der Waals surface area contributed by atoms with Crippen LogP contribution >= 0.6 is 11.8 Å². The average molecular weight is 404 g/mol. The van der Waals surface area contributed by atoms with Gasteiger partial charge in [0, 0.05) is 25.7 Å². The number of thioether (sulfide) groups is 1. The third-order valence-electron chi connectivity index (χ3n) is 5.15. The molecule has 1 fully saturated rings. The number of aromatic amines is 1. The molecule has 1 aliphatic rings. The van der Waals surface area contributed by atoms with Gasteiger partial charge in [0.2, 0.25) is 5.91 Å². The number of H-pyrrole nitrogens is 1. The fraction of sp³-hybridized carbons (Fsp3) is 0.619. The molecule has 28 heavy (non-hydrogen) atoms. The number of benzene rings is 1. The summed E-state index contributed by atoms with van der Waals surface area (Å²) >= 11 is 1.45. The zero-order valence-corrected chi connectivity index (χ0v) is 17.5. The zero-order chi connectivity index (χ0) is 19.4. The average Bonchev–Trinajstić information content (AvgIpc) is 3.15. The largest absolute Gasteiger partial charge is 0.355 e. The van der Waals surface area contributed by atoms with E-state index in [-0.39, 0.29) is 5.91 Å². The summed E-state index contributed by atoms with van der Waals surface area (Å²) in [5.74, 6) is 0.459. The lowest BCUT2D eigenvalue weighted by Gasteiger charge is -2.22. The van der Waals surface area contributed by atoms with Crippen LogP contribution in [0.25, 0.3) is 11.0 Å². The molecule has 0 atom stereocenters. The first-order valence-corrected chi connectivity index (χ1v) is 11.6. The van der Waals surface area contributed by atoms with Gasteiger partial charge < -0.3 is 20.9 Å². The van der Waals surface area contributed by atoms with E-state index in [0.29, 0.717) is 5.75 Å². The maximum absolute atomic E-state index is 12.0. The van der Waals surface area contributed by atoms with E-state index in [2.05, 4.69) is 25.9 Å². The lowest BCUT2D eigenvalue weighted by atomic mass is 9.95. The van der Waals surface area contributed by atoms with E-state index < -0.39 is 0 Å². The van der Waals surface area contributed by atoms with Crippen LogP contribution in [0.15, 0.2) is 29.4 Å². The predicted molar refractivity (Wildman–Crippen MR) is 117 cm³/mol. The Balaban J connectivity index is 1.15. The van der Waals surface area contributed by atoms with Crippen molar-refractivity contribution < 1.29 is 4.79 Å². The van der Waals surface area contributed by atoms with Crippen molar-refractivity contribution >= 4 is 28.7 Å². The highest BCUT2D eigenvalue weighted by Crippen LogP contribution is 2.19. The molecule has 7 heteroatoms. The first-order chi connectivity index (χ1) is 13.8. The van der Waals surface area contributed by atoms with Gasteiger partial charge in [0.15, 0.2) is 5.16 Å². The van der Waals surface area contributed by atoms with Gasteiger partial charge in [0.25, 0.3) is 0 Å². The van der Waals surface area contributed by atoms with Gasteiger partial charge in [0.1, 0.15) is 0 Å². The van der Waals surface area contributed by atoms with Crippen LogP contribution in [0, 0.1) is 0 Å². The summed E-state index contributed by atoms with van der Waals surface area (Å²) in [6.07, 6.45) is 8.94. The number of hydrogen-bond donors (Lipinski definition) is 4. The molecule has 2 aromatic rings. The van der Waals surface area contributed by atoms with Gasteiger partial charge in [0.05, 0.1) is 16.8 Å². The Morgan fingerprint density at radius 2 is 1.89 bits per heavy atom. The normalized spacial score (nSPS) is 15.1. The first-order valence-electron chi connectivity index (χ1n) is 10.6. The number of hydrogen-bond acceptors (Lipinski definition) is 5. The van der Waals surface area contributed by atoms with Crippen LogP contribution < -0.4 is 16.0 Å². The predicted octanol–water partition coefficient (Wildman–Crippen LogP) is 3.06. The molecule has 0 bridgehead atoms. The van der Waals surface area contributed by atoms with Crippen LogP contribution in [-0.2, 0) is 4.79 Å². The number of carbonyl (C=O) groups is 1. The van der Waals surface area contributed by atoms with Crippen molar-refractivity contribution in [2.45, 2.75) is 56.1 Å². The van der Waals surface area contributed by atoms with E-state index in [0.717, 1.165) is 61.3 Å². The number of rotatable bonds is 12. The second kappa shape index (κ2) is 12.1. The number of unbranched alkanes of at least 4 members (excludes halogenated alkanes) is 1. The van der Waals surface area contributed by atoms with Crippen LogP contribution in [-0.4, -0.2) is 53.8 Å². The Kier molecular flexibility index (Phi) is 9.13. The van der Waals surface area contributed by atoms with Gasteiger partial charge in [-0.25, -0.2) is 4.98 Å². The fourth-order valence-corrected chi connectivity index (χ4v) is 4.30. The van der Waals surface area contributed by atoms with Crippen LogP contribution in [0.1, 0.15) is 44.9 Å². The van der Waals surface area contributed by atoms with E-state index in [1.807, 2.05) is 24.3 Å². The standard InChI is InChI=1S/C21H33N5OS/c27-20(16-28-21-25-18-10-4-5-11-19(18)26-21)24-13-7-6-12-22-14-15-23-17-8-2-1-3-9-17/h4-5,10-11,17,22-23H,1-3,6-9,12-16H2,(H,24,27)(H,25,26). The first kappa shape index (κ1) is 21.1. The second-order valence-electron chi connectivity index (χ2n) is 7.44. The topological polar surface area (TPSA) is 81.8 Å². The van der Waals surface area contributed by atoms with E-state index in [1.165, 1.54) is 43.9 Å². The summed E-state index contributed by atoms with van der Waals surface area (Å²) in [5.41, 5.74) is 1.94. The Labute approximate surface area is 172 Å². The third kappa shape index (κ3) is 7.45. The van der Waals surface area contributed by atoms with Gasteiger partial charge in [-0.1, -0.05) is 43.2 Å². The van der Waals surface area contributed by atoms with Crippen molar-refractivity contribution in [2.75, 3.05) is 31.9 Å². The summed E-state index contributed by atoms with van der Waals surface area (Å²) in [7, 11) is 0. The van der Waals surface area contributed by atoms with E-state index in [4.69, 9.17) is 0 Å². The summed E-state index contributed by atoms with van der Waals surface area (Å²) in [5, 5.41) is 10.9. The number of nitrogens with one attached hydrogen (secondary N) is 4. The molecule has 0 unspecified atom stereocenters. The Bertz CT molecular complexity index is 681. The maximum Gasteiger partial charge on any atom is 0.230 e. The molecule has 0 saturated heterocycles. The van der Waals surface area contributed by atoms with Crippen LogP contribution in [0.5, 0.6) is 0 Å². The minimum absolute atomic E-state index is 0.0649. The second-order valence-corrected chi connectivity index (χ2v) is 8.41. The molecule has 1 saturated carbocycles. The fourth-order valence-electron chi connectivity index (χ4n) is 3.58.